The first-order valence-corrected chi connectivity index (χ1v) is 10.5. The molecule has 1 atom stereocenters. The van der Waals surface area contributed by atoms with E-state index in [1.165, 1.54) is 18.9 Å². The largest absolute Gasteiger partial charge is 0.497 e. The number of amides is 3. The molecule has 2 aromatic carbocycles. The summed E-state index contributed by atoms with van der Waals surface area (Å²) >= 11 is 0. The van der Waals surface area contributed by atoms with Crippen LogP contribution in [0.4, 0.5) is 11.4 Å². The summed E-state index contributed by atoms with van der Waals surface area (Å²) in [7, 11) is 3.09. The van der Waals surface area contributed by atoms with Crippen LogP contribution < -0.4 is 25.0 Å². The maximum Gasteiger partial charge on any atom is 0.253 e. The van der Waals surface area contributed by atoms with Crippen LogP contribution in [0.1, 0.15) is 18.7 Å². The molecule has 3 aromatic rings. The Labute approximate surface area is 197 Å². The van der Waals surface area contributed by atoms with Crippen molar-refractivity contribution in [3.63, 3.8) is 0 Å². The normalized spacial score (nSPS) is 11.1. The smallest absolute Gasteiger partial charge is 0.253 e. The molecule has 3 rings (SSSR count). The van der Waals surface area contributed by atoms with Crippen LogP contribution in [0, 0.1) is 0 Å². The van der Waals surface area contributed by atoms with Crippen molar-refractivity contribution in [2.45, 2.75) is 13.0 Å². The fraction of sp³-hybridized carbons (Fsp3) is 0.200. The highest BCUT2D eigenvalue weighted by Gasteiger charge is 2.34. The van der Waals surface area contributed by atoms with Crippen molar-refractivity contribution in [3.05, 3.63) is 78.6 Å². The Morgan fingerprint density at radius 3 is 2.06 bits per heavy atom. The minimum Gasteiger partial charge on any atom is -0.497 e. The molecule has 9 nitrogen and oxygen atoms in total. The number of pyridine rings is 1. The SMILES string of the molecule is COc1ccc(NC(=O)[C@@H](c2ccccn2)N(C(=O)CNC(C)=O)c2ccc(OC)cc2)cc1. The highest BCUT2D eigenvalue weighted by atomic mass is 16.5. The van der Waals surface area contributed by atoms with E-state index in [-0.39, 0.29) is 12.5 Å². The first-order valence-electron chi connectivity index (χ1n) is 10.5. The van der Waals surface area contributed by atoms with Gasteiger partial charge in [0, 0.05) is 24.5 Å². The van der Waals surface area contributed by atoms with Gasteiger partial charge >= 0.3 is 0 Å². The number of methoxy groups -OCH3 is 2. The maximum atomic E-state index is 13.6. The van der Waals surface area contributed by atoms with Crippen molar-refractivity contribution in [1.29, 1.82) is 0 Å². The number of carbonyl (C=O) groups is 3. The van der Waals surface area contributed by atoms with Gasteiger partial charge in [0.2, 0.25) is 11.8 Å². The van der Waals surface area contributed by atoms with Crippen LogP contribution in [-0.4, -0.2) is 43.5 Å². The molecule has 176 valence electrons. The lowest BCUT2D eigenvalue weighted by atomic mass is 10.1. The van der Waals surface area contributed by atoms with Gasteiger partial charge in [-0.05, 0) is 60.7 Å². The Kier molecular flexibility index (Phi) is 8.17. The average Bonchev–Trinajstić information content (AvgIpc) is 2.86. The summed E-state index contributed by atoms with van der Waals surface area (Å²) in [5.74, 6) is -0.0865. The Morgan fingerprint density at radius 1 is 0.912 bits per heavy atom. The number of nitrogens with zero attached hydrogens (tertiary/aromatic N) is 2. The van der Waals surface area contributed by atoms with E-state index in [1.807, 2.05) is 0 Å². The molecule has 0 saturated heterocycles. The number of nitrogens with one attached hydrogen (secondary N) is 2. The zero-order valence-corrected chi connectivity index (χ0v) is 19.1. The Hall–Kier alpha value is -4.40. The van der Waals surface area contributed by atoms with E-state index >= 15 is 0 Å². The van der Waals surface area contributed by atoms with Gasteiger partial charge in [0.15, 0.2) is 6.04 Å². The van der Waals surface area contributed by atoms with Gasteiger partial charge in [-0.25, -0.2) is 0 Å². The Bertz CT molecular complexity index is 1120. The van der Waals surface area contributed by atoms with Crippen molar-refractivity contribution in [1.82, 2.24) is 10.3 Å². The second-order valence-electron chi connectivity index (χ2n) is 7.25. The number of benzene rings is 2. The molecule has 0 bridgehead atoms. The highest BCUT2D eigenvalue weighted by Crippen LogP contribution is 2.29. The van der Waals surface area contributed by atoms with Crippen LogP contribution in [0.15, 0.2) is 72.9 Å². The van der Waals surface area contributed by atoms with Crippen LogP contribution >= 0.6 is 0 Å². The molecule has 0 saturated carbocycles. The van der Waals surface area contributed by atoms with Crippen molar-refractivity contribution in [2.24, 2.45) is 0 Å². The Morgan fingerprint density at radius 2 is 1.53 bits per heavy atom. The number of hydrogen-bond donors (Lipinski definition) is 2. The molecule has 0 aliphatic carbocycles. The summed E-state index contributed by atoms with van der Waals surface area (Å²) in [5, 5.41) is 5.35. The van der Waals surface area contributed by atoms with Crippen LogP contribution in [0.25, 0.3) is 0 Å². The molecular weight excluding hydrogens is 436 g/mol. The summed E-state index contributed by atoms with van der Waals surface area (Å²) in [6.45, 7) is 1.03. The second kappa shape index (κ2) is 11.5. The first-order chi connectivity index (χ1) is 16.4. The summed E-state index contributed by atoms with van der Waals surface area (Å²) in [6, 6.07) is 17.5. The number of ether oxygens (including phenoxy) is 2. The predicted octanol–water partition coefficient (Wildman–Crippen LogP) is 2.95. The molecule has 0 aliphatic heterocycles. The van der Waals surface area contributed by atoms with Crippen molar-refractivity contribution < 1.29 is 23.9 Å². The number of rotatable bonds is 9. The van der Waals surface area contributed by atoms with Crippen LogP contribution in [0.3, 0.4) is 0 Å². The lowest BCUT2D eigenvalue weighted by molar-refractivity contribution is -0.125. The van der Waals surface area contributed by atoms with E-state index < -0.39 is 17.9 Å². The minimum absolute atomic E-state index is 0.291. The lowest BCUT2D eigenvalue weighted by Gasteiger charge is -2.31. The fourth-order valence-electron chi connectivity index (χ4n) is 3.27. The summed E-state index contributed by atoms with van der Waals surface area (Å²) in [4.78, 5) is 44.0. The average molecular weight is 463 g/mol. The molecule has 9 heteroatoms. The van der Waals surface area contributed by atoms with Crippen LogP contribution in [0.5, 0.6) is 11.5 Å². The zero-order chi connectivity index (χ0) is 24.5. The Balaban J connectivity index is 2.03. The van der Waals surface area contributed by atoms with E-state index in [0.29, 0.717) is 28.6 Å². The molecule has 2 N–H and O–H groups in total. The number of anilines is 2. The quantitative estimate of drug-likeness (QED) is 0.506. The molecule has 0 fully saturated rings. The van der Waals surface area contributed by atoms with Crippen LogP contribution in [-0.2, 0) is 14.4 Å². The third-order valence-corrected chi connectivity index (χ3v) is 4.94. The molecule has 34 heavy (non-hydrogen) atoms. The summed E-state index contributed by atoms with van der Waals surface area (Å²) < 4.78 is 10.4. The van der Waals surface area contributed by atoms with Crippen molar-refractivity contribution >= 4 is 29.1 Å². The van der Waals surface area contributed by atoms with E-state index in [2.05, 4.69) is 15.6 Å². The zero-order valence-electron chi connectivity index (χ0n) is 19.1. The molecule has 1 heterocycles. The van der Waals surface area contributed by atoms with Gasteiger partial charge in [0.05, 0.1) is 26.5 Å². The number of aromatic nitrogens is 1. The molecular formula is C25H26N4O5. The predicted molar refractivity (Wildman–Crippen MR) is 128 cm³/mol. The monoisotopic (exact) mass is 462 g/mol. The van der Waals surface area contributed by atoms with E-state index in [4.69, 9.17) is 9.47 Å². The van der Waals surface area contributed by atoms with Crippen LogP contribution in [0.2, 0.25) is 0 Å². The first kappa shape index (κ1) is 24.2. The summed E-state index contributed by atoms with van der Waals surface area (Å²) in [5.41, 5.74) is 1.33. The van der Waals surface area contributed by atoms with E-state index in [1.54, 1.807) is 80.0 Å². The van der Waals surface area contributed by atoms with Crippen molar-refractivity contribution in [3.8, 4) is 11.5 Å². The summed E-state index contributed by atoms with van der Waals surface area (Å²) in [6.07, 6.45) is 1.55. The van der Waals surface area contributed by atoms with Gasteiger partial charge in [-0.3, -0.25) is 24.3 Å². The second-order valence-corrected chi connectivity index (χ2v) is 7.25. The van der Waals surface area contributed by atoms with Gasteiger partial charge in [0.25, 0.3) is 5.91 Å². The lowest BCUT2D eigenvalue weighted by Crippen LogP contribution is -2.46. The van der Waals surface area contributed by atoms with Crippen molar-refractivity contribution in [2.75, 3.05) is 31.0 Å². The van der Waals surface area contributed by atoms with Gasteiger partial charge in [-0.2, -0.15) is 0 Å². The molecule has 3 amide bonds. The fourth-order valence-corrected chi connectivity index (χ4v) is 3.27. The van der Waals surface area contributed by atoms with E-state index in [0.717, 1.165) is 0 Å². The highest BCUT2D eigenvalue weighted by molar-refractivity contribution is 6.06. The van der Waals surface area contributed by atoms with Gasteiger partial charge in [-0.1, -0.05) is 6.07 Å². The molecule has 1 aromatic heterocycles. The molecule has 0 unspecified atom stereocenters. The number of hydrogen-bond acceptors (Lipinski definition) is 6. The minimum atomic E-state index is -1.11. The number of carbonyl (C=O) groups excluding carboxylic acids is 3. The maximum absolute atomic E-state index is 13.6. The molecule has 0 aliphatic rings. The standard InChI is InChI=1S/C25H26N4O5/c1-17(30)27-16-23(31)29(19-9-13-21(34-3)14-10-19)24(22-6-4-5-15-26-22)25(32)28-18-7-11-20(33-2)12-8-18/h4-15,24H,16H2,1-3H3,(H,27,30)(H,28,32)/t24-/m1/s1. The third kappa shape index (κ3) is 6.10. The molecule has 0 radical (unpaired) electrons. The van der Waals surface area contributed by atoms with Gasteiger partial charge in [0.1, 0.15) is 11.5 Å². The van der Waals surface area contributed by atoms with Gasteiger partial charge < -0.3 is 20.1 Å². The van der Waals surface area contributed by atoms with Gasteiger partial charge in [-0.15, -0.1) is 0 Å². The topological polar surface area (TPSA) is 110 Å². The molecule has 0 spiro atoms. The van der Waals surface area contributed by atoms with E-state index in [9.17, 15) is 14.4 Å². The third-order valence-electron chi connectivity index (χ3n) is 4.94.